The van der Waals surface area contributed by atoms with Gasteiger partial charge in [0.1, 0.15) is 5.44 Å². The lowest BCUT2D eigenvalue weighted by Gasteiger charge is -2.43. The molecule has 0 amide bonds. The monoisotopic (exact) mass is 382 g/mol. The third-order valence-corrected chi connectivity index (χ3v) is 4.78. The topological polar surface area (TPSA) is 88.1 Å². The Hall–Kier alpha value is -2.06. The van der Waals surface area contributed by atoms with Gasteiger partial charge in [0.25, 0.3) is 0 Å². The average molecular weight is 382 g/mol. The number of carbonyl (C=O) groups excluding carboxylic acids is 3. The Kier molecular flexibility index (Phi) is 7.05. The first-order chi connectivity index (χ1) is 12.3. The summed E-state index contributed by atoms with van der Waals surface area (Å²) in [5.41, 5.74) is -0.632. The number of hydrogen-bond acceptors (Lipinski definition) is 8. The molecule has 1 aromatic rings. The largest absolute Gasteiger partial charge is 0.456 e. The summed E-state index contributed by atoms with van der Waals surface area (Å²) in [5, 5.41) is 0. The van der Waals surface area contributed by atoms with Crippen LogP contribution in [0.2, 0.25) is 0 Å². The summed E-state index contributed by atoms with van der Waals surface area (Å²) in [6.07, 6.45) is -3.34. The first-order valence-electron chi connectivity index (χ1n) is 8.16. The molecule has 1 fully saturated rings. The van der Waals surface area contributed by atoms with E-state index in [2.05, 4.69) is 0 Å². The van der Waals surface area contributed by atoms with Gasteiger partial charge in [0.2, 0.25) is 0 Å². The summed E-state index contributed by atoms with van der Waals surface area (Å²) in [4.78, 5) is 35.6. The van der Waals surface area contributed by atoms with Crippen molar-refractivity contribution in [1.29, 1.82) is 0 Å². The Morgan fingerprint density at radius 2 is 1.35 bits per heavy atom. The van der Waals surface area contributed by atoms with Gasteiger partial charge in [-0.25, -0.2) is 0 Å². The summed E-state index contributed by atoms with van der Waals surface area (Å²) >= 11 is 1.34. The van der Waals surface area contributed by atoms with E-state index in [1.807, 2.05) is 30.3 Å². The van der Waals surface area contributed by atoms with Gasteiger partial charge in [-0.1, -0.05) is 30.0 Å². The maximum atomic E-state index is 11.6. The van der Waals surface area contributed by atoms with E-state index < -0.39 is 47.8 Å². The second-order valence-electron chi connectivity index (χ2n) is 5.86. The number of benzene rings is 1. The third-order valence-electron chi connectivity index (χ3n) is 3.63. The fraction of sp³-hybridized carbons (Fsp3) is 0.500. The molecule has 2 rings (SSSR count). The minimum atomic E-state index is -0.967. The molecular formula is C18H22O7S. The first-order valence-corrected chi connectivity index (χ1v) is 9.04. The molecule has 26 heavy (non-hydrogen) atoms. The lowest BCUT2D eigenvalue weighted by molar-refractivity contribution is -0.229. The van der Waals surface area contributed by atoms with Crippen LogP contribution in [0.5, 0.6) is 0 Å². The van der Waals surface area contributed by atoms with E-state index in [1.54, 1.807) is 6.92 Å². The van der Waals surface area contributed by atoms with E-state index in [0.717, 1.165) is 4.90 Å². The van der Waals surface area contributed by atoms with Crippen LogP contribution in [0.3, 0.4) is 0 Å². The number of thioether (sulfide) groups is 1. The predicted octanol–water partition coefficient (Wildman–Crippen LogP) is 2.32. The standard InChI is InChI=1S/C18H22O7S/c1-10-15(23-11(2)19)16(24-12(3)20)17(25-13(4)21)18(22-10)26-14-8-6-5-7-9-14/h5-10,15-18H,1-4H3/t10?,15-,16-,17?,18-/m0/s1. The van der Waals surface area contributed by atoms with E-state index in [1.165, 1.54) is 32.5 Å². The number of rotatable bonds is 5. The van der Waals surface area contributed by atoms with Crippen LogP contribution in [0.15, 0.2) is 35.2 Å². The van der Waals surface area contributed by atoms with Crippen LogP contribution >= 0.6 is 11.8 Å². The van der Waals surface area contributed by atoms with Crippen LogP contribution in [0.1, 0.15) is 27.7 Å². The molecule has 1 heterocycles. The molecule has 0 N–H and O–H groups in total. The Balaban J connectivity index is 2.33. The van der Waals surface area contributed by atoms with Crippen LogP contribution in [-0.4, -0.2) is 47.8 Å². The molecule has 7 nitrogen and oxygen atoms in total. The number of carbonyl (C=O) groups is 3. The van der Waals surface area contributed by atoms with E-state index in [9.17, 15) is 14.4 Å². The van der Waals surface area contributed by atoms with Gasteiger partial charge in [-0.2, -0.15) is 0 Å². The van der Waals surface area contributed by atoms with Crippen molar-refractivity contribution in [3.8, 4) is 0 Å². The molecule has 1 aliphatic rings. The van der Waals surface area contributed by atoms with Crippen molar-refractivity contribution < 1.29 is 33.3 Å². The second-order valence-corrected chi connectivity index (χ2v) is 7.03. The SMILES string of the molecule is CC(=O)OC1[C@@H](OC(C)=O)[C@@H](OC(C)=O)C(C)O[C@H]1Sc1ccccc1. The number of hydrogen-bond donors (Lipinski definition) is 0. The first kappa shape index (κ1) is 20.3. The highest BCUT2D eigenvalue weighted by molar-refractivity contribution is 7.99. The zero-order valence-corrected chi connectivity index (χ0v) is 15.9. The molecule has 1 aliphatic heterocycles. The Bertz CT molecular complexity index is 648. The minimum absolute atomic E-state index is 0.543. The van der Waals surface area contributed by atoms with Gasteiger partial charge in [0.15, 0.2) is 18.3 Å². The lowest BCUT2D eigenvalue weighted by atomic mass is 10.00. The molecule has 142 valence electrons. The number of ether oxygens (including phenoxy) is 4. The molecule has 2 unspecified atom stereocenters. The molecule has 0 aliphatic carbocycles. The minimum Gasteiger partial charge on any atom is -0.456 e. The van der Waals surface area contributed by atoms with E-state index in [-0.39, 0.29) is 0 Å². The van der Waals surface area contributed by atoms with Gasteiger partial charge < -0.3 is 18.9 Å². The van der Waals surface area contributed by atoms with Gasteiger partial charge in [-0.15, -0.1) is 0 Å². The molecule has 0 radical (unpaired) electrons. The molecule has 5 atom stereocenters. The Morgan fingerprint density at radius 1 is 0.846 bits per heavy atom. The van der Waals surface area contributed by atoms with Gasteiger partial charge in [0, 0.05) is 25.7 Å². The van der Waals surface area contributed by atoms with Gasteiger partial charge in [0.05, 0.1) is 6.10 Å². The smallest absolute Gasteiger partial charge is 0.303 e. The van der Waals surface area contributed by atoms with Crippen LogP contribution in [0.4, 0.5) is 0 Å². The summed E-state index contributed by atoms with van der Waals surface area (Å²) in [7, 11) is 0. The zero-order chi connectivity index (χ0) is 19.3. The predicted molar refractivity (Wildman–Crippen MR) is 93.3 cm³/mol. The summed E-state index contributed by atoms with van der Waals surface area (Å²) in [6.45, 7) is 5.47. The maximum absolute atomic E-state index is 11.6. The fourth-order valence-corrected chi connectivity index (χ4v) is 3.86. The van der Waals surface area contributed by atoms with Crippen molar-refractivity contribution in [3.05, 3.63) is 30.3 Å². The van der Waals surface area contributed by atoms with E-state index in [4.69, 9.17) is 18.9 Å². The van der Waals surface area contributed by atoms with Crippen LogP contribution in [-0.2, 0) is 33.3 Å². The number of esters is 3. The quantitative estimate of drug-likeness (QED) is 0.566. The van der Waals surface area contributed by atoms with E-state index >= 15 is 0 Å². The molecule has 0 saturated carbocycles. The second kappa shape index (κ2) is 9.05. The fourth-order valence-electron chi connectivity index (χ4n) is 2.70. The summed E-state index contributed by atoms with van der Waals surface area (Å²) < 4.78 is 22.0. The zero-order valence-electron chi connectivity index (χ0n) is 15.0. The highest BCUT2D eigenvalue weighted by Gasteiger charge is 2.50. The molecule has 0 bridgehead atoms. The van der Waals surface area contributed by atoms with Gasteiger partial charge in [-0.05, 0) is 19.1 Å². The highest BCUT2D eigenvalue weighted by atomic mass is 32.2. The molecule has 0 spiro atoms. The van der Waals surface area contributed by atoms with Crippen molar-refractivity contribution in [2.75, 3.05) is 0 Å². The molecule has 1 aromatic carbocycles. The Morgan fingerprint density at radius 3 is 1.88 bits per heavy atom. The summed E-state index contributed by atoms with van der Waals surface area (Å²) in [6, 6.07) is 9.42. The third kappa shape index (κ3) is 5.47. The van der Waals surface area contributed by atoms with E-state index in [0.29, 0.717) is 0 Å². The molecule has 0 aromatic heterocycles. The Labute approximate surface area is 156 Å². The van der Waals surface area contributed by atoms with Gasteiger partial charge in [-0.3, -0.25) is 14.4 Å². The van der Waals surface area contributed by atoms with Crippen LogP contribution < -0.4 is 0 Å². The maximum Gasteiger partial charge on any atom is 0.303 e. The highest BCUT2D eigenvalue weighted by Crippen LogP contribution is 2.37. The summed E-state index contributed by atoms with van der Waals surface area (Å²) in [5.74, 6) is -1.66. The van der Waals surface area contributed by atoms with Crippen molar-refractivity contribution in [2.45, 2.75) is 62.4 Å². The van der Waals surface area contributed by atoms with Crippen LogP contribution in [0.25, 0.3) is 0 Å². The molecular weight excluding hydrogens is 360 g/mol. The lowest BCUT2D eigenvalue weighted by Crippen LogP contribution is -2.59. The van der Waals surface area contributed by atoms with Gasteiger partial charge >= 0.3 is 17.9 Å². The van der Waals surface area contributed by atoms with Crippen molar-refractivity contribution in [1.82, 2.24) is 0 Å². The van der Waals surface area contributed by atoms with Crippen molar-refractivity contribution in [2.24, 2.45) is 0 Å². The van der Waals surface area contributed by atoms with Crippen molar-refractivity contribution in [3.63, 3.8) is 0 Å². The normalized spacial score (nSPS) is 28.1. The average Bonchev–Trinajstić information content (AvgIpc) is 2.54. The van der Waals surface area contributed by atoms with Crippen molar-refractivity contribution >= 4 is 29.7 Å². The molecule has 1 saturated heterocycles. The molecule has 8 heteroatoms. The van der Waals surface area contributed by atoms with Crippen LogP contribution in [0, 0.1) is 0 Å².